The monoisotopic (exact) mass is 737 g/mol. The lowest BCUT2D eigenvalue weighted by molar-refractivity contribution is -0.131. The summed E-state index contributed by atoms with van der Waals surface area (Å²) in [5.41, 5.74) is 9.10. The lowest BCUT2D eigenvalue weighted by Gasteiger charge is -2.40. The summed E-state index contributed by atoms with van der Waals surface area (Å²) in [6.07, 6.45) is 3.93. The van der Waals surface area contributed by atoms with Crippen LogP contribution >= 0.6 is 12.4 Å². The van der Waals surface area contributed by atoms with E-state index in [0.717, 1.165) is 79.9 Å². The Labute approximate surface area is 317 Å². The first kappa shape index (κ1) is 36.7. The Morgan fingerprint density at radius 2 is 1.57 bits per heavy atom. The Balaban J connectivity index is 0.00000435. The summed E-state index contributed by atoms with van der Waals surface area (Å²) in [5, 5.41) is 9.85. The molecule has 3 aromatic carbocycles. The van der Waals surface area contributed by atoms with Gasteiger partial charge < -0.3 is 29.1 Å². The number of carbonyl (C=O) groups is 3. The molecule has 0 unspecified atom stereocenters. The fourth-order valence-corrected chi connectivity index (χ4v) is 8.52. The van der Waals surface area contributed by atoms with Crippen molar-refractivity contribution >= 4 is 35.8 Å². The Morgan fingerprint density at radius 3 is 2.30 bits per heavy atom. The van der Waals surface area contributed by atoms with Crippen molar-refractivity contribution in [3.05, 3.63) is 106 Å². The van der Waals surface area contributed by atoms with Gasteiger partial charge in [-0.2, -0.15) is 0 Å². The first-order valence-electron chi connectivity index (χ1n) is 18.7. The minimum Gasteiger partial charge on any atom is -0.508 e. The molecule has 1 N–H and O–H groups in total. The second-order valence-electron chi connectivity index (χ2n) is 14.6. The average molecular weight is 738 g/mol. The zero-order chi connectivity index (χ0) is 35.9. The second kappa shape index (κ2) is 15.4. The van der Waals surface area contributed by atoms with Gasteiger partial charge in [0, 0.05) is 93.5 Å². The van der Waals surface area contributed by atoms with Crippen LogP contribution in [-0.2, 0) is 48.6 Å². The average Bonchev–Trinajstić information content (AvgIpc) is 3.78. The molecule has 10 nitrogen and oxygen atoms in total. The van der Waals surface area contributed by atoms with Gasteiger partial charge in [-0.1, -0.05) is 31.2 Å². The van der Waals surface area contributed by atoms with Crippen LogP contribution in [0.15, 0.2) is 66.7 Å². The normalized spacial score (nSPS) is 18.1. The van der Waals surface area contributed by atoms with Crippen molar-refractivity contribution in [2.75, 3.05) is 44.8 Å². The maximum Gasteiger partial charge on any atom is 0.259 e. The van der Waals surface area contributed by atoms with Crippen LogP contribution in [0.5, 0.6) is 5.75 Å². The molecular formula is C42H48ClN5O5. The van der Waals surface area contributed by atoms with Crippen LogP contribution in [-0.4, -0.2) is 88.0 Å². The van der Waals surface area contributed by atoms with Crippen LogP contribution in [0.25, 0.3) is 11.3 Å². The van der Waals surface area contributed by atoms with Gasteiger partial charge in [-0.15, -0.1) is 12.4 Å². The molecule has 0 saturated carbocycles. The quantitative estimate of drug-likeness (QED) is 0.248. The summed E-state index contributed by atoms with van der Waals surface area (Å²) in [5.74, 6) is 0.0837. The third-order valence-corrected chi connectivity index (χ3v) is 11.4. The zero-order valence-corrected chi connectivity index (χ0v) is 31.4. The maximum absolute atomic E-state index is 15.3. The van der Waals surface area contributed by atoms with Crippen molar-refractivity contribution in [2.24, 2.45) is 0 Å². The van der Waals surface area contributed by atoms with E-state index in [4.69, 9.17) is 4.74 Å². The van der Waals surface area contributed by atoms with E-state index in [9.17, 15) is 14.7 Å². The third-order valence-electron chi connectivity index (χ3n) is 11.4. The molecule has 0 radical (unpaired) electrons. The molecule has 3 amide bonds. The molecule has 0 bridgehead atoms. The molecule has 11 heteroatoms. The number of phenols is 1. The SMILES string of the molecule is CCC(=O)N1Cc2cc(C(=O)N3Cc4ccccc4C[C@H]3CN3CCOCC3)c(-c3cc(C(=O)N(C)c4ccc(O)cc4)c4n3CCCC4)cc2C1.Cl. The van der Waals surface area contributed by atoms with E-state index < -0.39 is 0 Å². The van der Waals surface area contributed by atoms with Crippen molar-refractivity contribution in [3.8, 4) is 17.0 Å². The van der Waals surface area contributed by atoms with Crippen LogP contribution < -0.4 is 4.90 Å². The molecule has 4 aromatic rings. The Bertz CT molecular complexity index is 2020. The van der Waals surface area contributed by atoms with Crippen molar-refractivity contribution in [1.82, 2.24) is 19.3 Å². The molecule has 4 aliphatic heterocycles. The van der Waals surface area contributed by atoms with Crippen LogP contribution in [0.2, 0.25) is 0 Å². The number of hydrogen-bond acceptors (Lipinski definition) is 6. The van der Waals surface area contributed by atoms with Gasteiger partial charge in [0.15, 0.2) is 0 Å². The molecule has 4 aliphatic rings. The highest BCUT2D eigenvalue weighted by atomic mass is 35.5. The van der Waals surface area contributed by atoms with Gasteiger partial charge in [-0.25, -0.2) is 0 Å². The van der Waals surface area contributed by atoms with E-state index in [1.54, 1.807) is 36.2 Å². The van der Waals surface area contributed by atoms with Crippen LogP contribution in [0, 0.1) is 0 Å². The Hall–Kier alpha value is -4.64. The predicted molar refractivity (Wildman–Crippen MR) is 207 cm³/mol. The largest absolute Gasteiger partial charge is 0.508 e. The summed E-state index contributed by atoms with van der Waals surface area (Å²) in [6, 6.07) is 21.2. The number of morpholine rings is 1. The highest BCUT2D eigenvalue weighted by Crippen LogP contribution is 2.39. The summed E-state index contributed by atoms with van der Waals surface area (Å²) >= 11 is 0. The van der Waals surface area contributed by atoms with Crippen LogP contribution in [0.1, 0.15) is 74.8 Å². The van der Waals surface area contributed by atoms with Crippen molar-refractivity contribution < 1.29 is 24.2 Å². The molecule has 0 aliphatic carbocycles. The molecule has 0 spiro atoms. The van der Waals surface area contributed by atoms with Gasteiger partial charge in [-0.3, -0.25) is 19.3 Å². The van der Waals surface area contributed by atoms with E-state index in [0.29, 0.717) is 56.1 Å². The van der Waals surface area contributed by atoms with Gasteiger partial charge in [0.1, 0.15) is 5.75 Å². The van der Waals surface area contributed by atoms with Crippen LogP contribution in [0.4, 0.5) is 5.69 Å². The summed E-state index contributed by atoms with van der Waals surface area (Å²) < 4.78 is 7.90. The zero-order valence-electron chi connectivity index (χ0n) is 30.6. The number of ether oxygens (including phenoxy) is 1. The number of benzene rings is 3. The van der Waals surface area contributed by atoms with E-state index in [2.05, 4.69) is 38.6 Å². The van der Waals surface area contributed by atoms with Gasteiger partial charge >= 0.3 is 0 Å². The standard InChI is InChI=1S/C42H47N5O5.ClH/c1-3-40(49)45-24-30-21-35(39-23-37(38-10-6-7-15-46(38)39)41(50)43(2)32-11-13-34(48)14-12-32)36(22-31(30)25-45)42(51)47-26-29-9-5-4-8-28(29)20-33(47)27-44-16-18-52-19-17-44;/h4-5,8-9,11-14,21-23,33,48H,3,6-7,10,15-20,24-27H2,1-2H3;1H/t33-;/m0./s1. The van der Waals surface area contributed by atoms with Gasteiger partial charge in [0.25, 0.3) is 11.8 Å². The summed E-state index contributed by atoms with van der Waals surface area (Å²) in [7, 11) is 1.76. The number of aromatic hydroxyl groups is 1. The molecule has 1 saturated heterocycles. The number of amides is 3. The molecule has 1 aromatic heterocycles. The number of carbonyl (C=O) groups excluding carboxylic acids is 3. The third kappa shape index (κ3) is 7.07. The minimum absolute atomic E-state index is 0. The number of halogens is 1. The molecule has 8 rings (SSSR count). The molecule has 278 valence electrons. The highest BCUT2D eigenvalue weighted by Gasteiger charge is 2.36. The number of anilines is 1. The summed E-state index contributed by atoms with van der Waals surface area (Å²) in [4.78, 5) is 50.3. The Morgan fingerprint density at radius 1 is 0.849 bits per heavy atom. The van der Waals surface area contributed by atoms with Gasteiger partial charge in [0.2, 0.25) is 5.91 Å². The molecule has 5 heterocycles. The Kier molecular flexibility index (Phi) is 10.7. The fourth-order valence-electron chi connectivity index (χ4n) is 8.52. The molecular weight excluding hydrogens is 690 g/mol. The number of fused-ring (bicyclic) bond motifs is 3. The summed E-state index contributed by atoms with van der Waals surface area (Å²) in [6.45, 7) is 7.99. The number of phenolic OH excluding ortho intramolecular Hbond substituents is 1. The number of rotatable bonds is 7. The first-order valence-corrected chi connectivity index (χ1v) is 18.7. The number of hydrogen-bond donors (Lipinski definition) is 1. The molecule has 1 fully saturated rings. The highest BCUT2D eigenvalue weighted by molar-refractivity contribution is 6.08. The van der Waals surface area contributed by atoms with Crippen molar-refractivity contribution in [2.45, 2.75) is 71.2 Å². The predicted octanol–water partition coefficient (Wildman–Crippen LogP) is 6.05. The number of nitrogens with zero attached hydrogens (tertiary/aromatic N) is 5. The minimum atomic E-state index is -0.130. The molecule has 1 atom stereocenters. The lowest BCUT2D eigenvalue weighted by Crippen LogP contribution is -2.52. The lowest BCUT2D eigenvalue weighted by atomic mass is 9.91. The fraction of sp³-hybridized carbons (Fsp3) is 0.405. The molecule has 53 heavy (non-hydrogen) atoms. The van der Waals surface area contributed by atoms with Crippen LogP contribution in [0.3, 0.4) is 0 Å². The maximum atomic E-state index is 15.3. The second-order valence-corrected chi connectivity index (χ2v) is 14.6. The van der Waals surface area contributed by atoms with Crippen molar-refractivity contribution in [1.29, 1.82) is 0 Å². The first-order chi connectivity index (χ1) is 25.3. The van der Waals surface area contributed by atoms with Gasteiger partial charge in [-0.05, 0) is 90.4 Å². The van der Waals surface area contributed by atoms with E-state index in [1.165, 1.54) is 11.1 Å². The smallest absolute Gasteiger partial charge is 0.259 e. The van der Waals surface area contributed by atoms with E-state index in [1.807, 2.05) is 30.0 Å². The van der Waals surface area contributed by atoms with Gasteiger partial charge in [0.05, 0.1) is 18.8 Å². The van der Waals surface area contributed by atoms with Crippen molar-refractivity contribution in [3.63, 3.8) is 0 Å². The van der Waals surface area contributed by atoms with E-state index >= 15 is 4.79 Å². The number of aromatic nitrogens is 1. The topological polar surface area (TPSA) is 98.6 Å². The van der Waals surface area contributed by atoms with E-state index in [-0.39, 0.29) is 41.9 Å².